The van der Waals surface area contributed by atoms with Crippen molar-refractivity contribution in [2.45, 2.75) is 32.2 Å². The summed E-state index contributed by atoms with van der Waals surface area (Å²) in [4.78, 5) is 13.1. The third-order valence-electron chi connectivity index (χ3n) is 1.64. The lowest BCUT2D eigenvalue weighted by Crippen LogP contribution is -2.40. The molecule has 0 aromatic heterocycles. The van der Waals surface area contributed by atoms with Gasteiger partial charge in [-0.25, -0.2) is 0 Å². The maximum absolute atomic E-state index is 11.2. The van der Waals surface area contributed by atoms with Crippen LogP contribution in [0.4, 0.5) is 0 Å². The van der Waals surface area contributed by atoms with Crippen molar-refractivity contribution in [2.24, 2.45) is 0 Å². The van der Waals surface area contributed by atoms with Crippen LogP contribution in [0.1, 0.15) is 20.8 Å². The van der Waals surface area contributed by atoms with E-state index in [1.54, 1.807) is 0 Å². The molecule has 12 heavy (non-hydrogen) atoms. The summed E-state index contributed by atoms with van der Waals surface area (Å²) in [6.45, 7) is 6.37. The second-order valence-electron chi connectivity index (χ2n) is 3.25. The highest BCUT2D eigenvalue weighted by molar-refractivity contribution is 7.80. The Morgan fingerprint density at radius 1 is 1.50 bits per heavy atom. The van der Waals surface area contributed by atoms with E-state index in [0.717, 1.165) is 0 Å². The average molecular weight is 190 g/mol. The van der Waals surface area contributed by atoms with Crippen LogP contribution in [-0.2, 0) is 4.79 Å². The van der Waals surface area contributed by atoms with Crippen LogP contribution in [0.15, 0.2) is 0 Å². The van der Waals surface area contributed by atoms with Gasteiger partial charge in [-0.3, -0.25) is 9.69 Å². The van der Waals surface area contributed by atoms with E-state index < -0.39 is 0 Å². The summed E-state index contributed by atoms with van der Waals surface area (Å²) in [5.41, 5.74) is 0. The van der Waals surface area contributed by atoms with E-state index >= 15 is 0 Å². The number of nitrogens with zero attached hydrogens (tertiary/aromatic N) is 1. The van der Waals surface area contributed by atoms with Gasteiger partial charge in [0.2, 0.25) is 5.91 Å². The lowest BCUT2D eigenvalue weighted by molar-refractivity contribution is -0.122. The Hall–Kier alpha value is -0.220. The first-order valence-electron chi connectivity index (χ1n) is 4.11. The smallest absolute Gasteiger partial charge is 0.235 e. The Bertz CT molecular complexity index is 148. The van der Waals surface area contributed by atoms with Crippen LogP contribution in [0.2, 0.25) is 0 Å². The monoisotopic (exact) mass is 190 g/mol. The maximum atomic E-state index is 11.2. The Labute approximate surface area is 79.9 Å². The maximum Gasteiger partial charge on any atom is 0.235 e. The molecule has 72 valence electrons. The van der Waals surface area contributed by atoms with Crippen molar-refractivity contribution in [1.29, 1.82) is 0 Å². The van der Waals surface area contributed by atoms with Gasteiger partial charge >= 0.3 is 0 Å². The molecule has 0 aliphatic heterocycles. The standard InChI is InChI=1S/C8H18N2OS/c1-6(2)10(4)5-8(11)9-7(3)12/h6-7,12H,5H2,1-4H3,(H,9,11)/t7-/m0/s1. The molecule has 0 saturated carbocycles. The van der Waals surface area contributed by atoms with E-state index in [-0.39, 0.29) is 11.3 Å². The average Bonchev–Trinajstić information content (AvgIpc) is 1.84. The molecule has 0 aliphatic rings. The van der Waals surface area contributed by atoms with Crippen LogP contribution < -0.4 is 5.32 Å². The minimum Gasteiger partial charge on any atom is -0.344 e. The van der Waals surface area contributed by atoms with E-state index in [1.165, 1.54) is 0 Å². The molecule has 0 aromatic carbocycles. The van der Waals surface area contributed by atoms with Gasteiger partial charge in [-0.2, -0.15) is 12.6 Å². The summed E-state index contributed by atoms with van der Waals surface area (Å²) in [5, 5.41) is 2.64. The summed E-state index contributed by atoms with van der Waals surface area (Å²) >= 11 is 4.06. The van der Waals surface area contributed by atoms with Crippen LogP contribution in [0.3, 0.4) is 0 Å². The third-order valence-corrected chi connectivity index (χ3v) is 1.77. The second kappa shape index (κ2) is 5.43. The normalized spacial score (nSPS) is 13.6. The van der Waals surface area contributed by atoms with Crippen LogP contribution in [-0.4, -0.2) is 35.8 Å². The van der Waals surface area contributed by atoms with Gasteiger partial charge in [-0.05, 0) is 27.8 Å². The molecule has 0 aliphatic carbocycles. The number of nitrogens with one attached hydrogen (secondary N) is 1. The van der Waals surface area contributed by atoms with Crippen molar-refractivity contribution < 1.29 is 4.79 Å². The largest absolute Gasteiger partial charge is 0.344 e. The summed E-state index contributed by atoms with van der Waals surface area (Å²) in [5.74, 6) is 0.0219. The molecule has 0 unspecified atom stereocenters. The first-order valence-corrected chi connectivity index (χ1v) is 4.62. The van der Waals surface area contributed by atoms with Gasteiger partial charge in [0.25, 0.3) is 0 Å². The van der Waals surface area contributed by atoms with Crippen LogP contribution >= 0.6 is 12.6 Å². The fraction of sp³-hybridized carbons (Fsp3) is 0.875. The molecule has 0 spiro atoms. The van der Waals surface area contributed by atoms with E-state index in [9.17, 15) is 4.79 Å². The zero-order chi connectivity index (χ0) is 9.72. The predicted octanol–water partition coefficient (Wildman–Crippen LogP) is 0.719. The van der Waals surface area contributed by atoms with Crippen molar-refractivity contribution in [3.8, 4) is 0 Å². The molecule has 0 saturated heterocycles. The van der Waals surface area contributed by atoms with Gasteiger partial charge in [0.1, 0.15) is 0 Å². The van der Waals surface area contributed by atoms with Gasteiger partial charge in [-0.1, -0.05) is 0 Å². The molecule has 4 heteroatoms. The summed E-state index contributed by atoms with van der Waals surface area (Å²) in [7, 11) is 1.92. The van der Waals surface area contributed by atoms with Gasteiger partial charge in [0.05, 0.1) is 11.9 Å². The fourth-order valence-electron chi connectivity index (χ4n) is 0.688. The number of carbonyl (C=O) groups is 1. The molecule has 0 bridgehead atoms. The molecule has 0 fully saturated rings. The molecule has 1 N–H and O–H groups in total. The Balaban J connectivity index is 3.69. The minimum absolute atomic E-state index is 0.0219. The van der Waals surface area contributed by atoms with Crippen molar-refractivity contribution in [2.75, 3.05) is 13.6 Å². The quantitative estimate of drug-likeness (QED) is 0.506. The SMILES string of the molecule is CC(C)N(C)CC(=O)N[C@H](C)S. The van der Waals surface area contributed by atoms with Gasteiger partial charge in [-0.15, -0.1) is 0 Å². The fourth-order valence-corrected chi connectivity index (χ4v) is 0.832. The van der Waals surface area contributed by atoms with E-state index in [2.05, 4.69) is 31.8 Å². The molecule has 0 radical (unpaired) electrons. The Morgan fingerprint density at radius 3 is 2.33 bits per heavy atom. The van der Waals surface area contributed by atoms with E-state index in [0.29, 0.717) is 12.6 Å². The zero-order valence-corrected chi connectivity index (χ0v) is 9.06. The summed E-state index contributed by atoms with van der Waals surface area (Å²) in [6, 6.07) is 0.394. The van der Waals surface area contributed by atoms with Crippen LogP contribution in [0.5, 0.6) is 0 Å². The number of likely N-dealkylation sites (N-methyl/N-ethyl adjacent to an activating group) is 1. The highest BCUT2D eigenvalue weighted by Gasteiger charge is 2.09. The van der Waals surface area contributed by atoms with Crippen LogP contribution in [0.25, 0.3) is 0 Å². The van der Waals surface area contributed by atoms with Crippen molar-refractivity contribution >= 4 is 18.5 Å². The van der Waals surface area contributed by atoms with Gasteiger partial charge in [0.15, 0.2) is 0 Å². The zero-order valence-electron chi connectivity index (χ0n) is 8.16. The number of rotatable bonds is 4. The van der Waals surface area contributed by atoms with Gasteiger partial charge in [0, 0.05) is 6.04 Å². The van der Waals surface area contributed by atoms with Crippen LogP contribution in [0, 0.1) is 0 Å². The molecule has 3 nitrogen and oxygen atoms in total. The first kappa shape index (κ1) is 11.8. The molecular weight excluding hydrogens is 172 g/mol. The Morgan fingerprint density at radius 2 is 2.00 bits per heavy atom. The second-order valence-corrected chi connectivity index (χ2v) is 4.03. The molecule has 0 rings (SSSR count). The molecule has 1 atom stereocenters. The van der Waals surface area contributed by atoms with Gasteiger partial charge < -0.3 is 5.32 Å². The topological polar surface area (TPSA) is 32.3 Å². The first-order chi connectivity index (χ1) is 5.43. The lowest BCUT2D eigenvalue weighted by atomic mass is 10.3. The molecular formula is C8H18N2OS. The summed E-state index contributed by atoms with van der Waals surface area (Å²) in [6.07, 6.45) is 0. The van der Waals surface area contributed by atoms with Crippen molar-refractivity contribution in [1.82, 2.24) is 10.2 Å². The lowest BCUT2D eigenvalue weighted by Gasteiger charge is -2.20. The van der Waals surface area contributed by atoms with Crippen molar-refractivity contribution in [3.63, 3.8) is 0 Å². The van der Waals surface area contributed by atoms with E-state index in [4.69, 9.17) is 0 Å². The molecule has 0 aromatic rings. The summed E-state index contributed by atoms with van der Waals surface area (Å²) < 4.78 is 0. The van der Waals surface area contributed by atoms with E-state index in [1.807, 2.05) is 18.9 Å². The number of hydrogen-bond donors (Lipinski definition) is 2. The molecule has 0 heterocycles. The van der Waals surface area contributed by atoms with Crippen molar-refractivity contribution in [3.05, 3.63) is 0 Å². The Kier molecular flexibility index (Phi) is 5.33. The number of thiol groups is 1. The minimum atomic E-state index is -0.0712. The number of hydrogen-bond acceptors (Lipinski definition) is 3. The molecule has 1 amide bonds. The highest BCUT2D eigenvalue weighted by Crippen LogP contribution is 1.93. The third kappa shape index (κ3) is 5.43. The highest BCUT2D eigenvalue weighted by atomic mass is 32.1. The predicted molar refractivity (Wildman–Crippen MR) is 54.4 cm³/mol. The number of carbonyl (C=O) groups excluding carboxylic acids is 1. The number of amides is 1.